The minimum absolute atomic E-state index is 0.455. The average molecular weight is 367 g/mol. The zero-order valence-corrected chi connectivity index (χ0v) is 16.7. The highest BCUT2D eigenvalue weighted by Crippen LogP contribution is 2.31. The lowest BCUT2D eigenvalue weighted by molar-refractivity contribution is 0.757. The first kappa shape index (κ1) is 16.7. The second kappa shape index (κ2) is 6.50. The van der Waals surface area contributed by atoms with Gasteiger partial charge in [-0.2, -0.15) is 0 Å². The number of rotatable bonds is 4. The van der Waals surface area contributed by atoms with Crippen molar-refractivity contribution < 1.29 is 0 Å². The van der Waals surface area contributed by atoms with Crippen LogP contribution in [-0.2, 0) is 6.42 Å². The molecule has 0 N–H and O–H groups in total. The first-order valence-electron chi connectivity index (χ1n) is 8.76. The minimum atomic E-state index is 0.455. The van der Waals surface area contributed by atoms with E-state index in [0.29, 0.717) is 11.8 Å². The van der Waals surface area contributed by atoms with Crippen LogP contribution < -0.4 is 0 Å². The minimum Gasteiger partial charge on any atom is -0.242 e. The molecular formula is C21H22N2S2. The van der Waals surface area contributed by atoms with Gasteiger partial charge in [0, 0.05) is 6.42 Å². The molecule has 4 heteroatoms. The molecule has 4 rings (SSSR count). The van der Waals surface area contributed by atoms with Gasteiger partial charge in [0.15, 0.2) is 0 Å². The number of benzene rings is 2. The second-order valence-corrected chi connectivity index (χ2v) is 9.40. The fourth-order valence-corrected chi connectivity index (χ4v) is 5.20. The number of hydrogen-bond donors (Lipinski definition) is 0. The van der Waals surface area contributed by atoms with Crippen molar-refractivity contribution in [2.75, 3.05) is 0 Å². The first-order valence-corrected chi connectivity index (χ1v) is 10.4. The van der Waals surface area contributed by atoms with Crippen LogP contribution in [0.25, 0.3) is 20.4 Å². The predicted octanol–water partition coefficient (Wildman–Crippen LogP) is 6.68. The molecule has 0 aliphatic rings. The molecule has 0 spiro atoms. The van der Waals surface area contributed by atoms with Gasteiger partial charge in [0.05, 0.1) is 30.4 Å². The monoisotopic (exact) mass is 366 g/mol. The van der Waals surface area contributed by atoms with Crippen LogP contribution in [0.3, 0.4) is 0 Å². The van der Waals surface area contributed by atoms with E-state index in [1.165, 1.54) is 25.5 Å². The predicted molar refractivity (Wildman–Crippen MR) is 110 cm³/mol. The maximum atomic E-state index is 4.85. The van der Waals surface area contributed by atoms with Crippen molar-refractivity contribution in [2.24, 2.45) is 0 Å². The number of hydrogen-bond acceptors (Lipinski definition) is 4. The Morgan fingerprint density at radius 1 is 0.840 bits per heavy atom. The topological polar surface area (TPSA) is 25.8 Å². The summed E-state index contributed by atoms with van der Waals surface area (Å²) in [6.45, 7) is 8.84. The highest BCUT2D eigenvalue weighted by atomic mass is 32.1. The molecule has 2 aromatic heterocycles. The zero-order valence-electron chi connectivity index (χ0n) is 15.0. The molecule has 2 aromatic carbocycles. The van der Waals surface area contributed by atoms with Crippen LogP contribution in [-0.4, -0.2) is 9.97 Å². The van der Waals surface area contributed by atoms with Gasteiger partial charge in [-0.05, 0) is 54.2 Å². The van der Waals surface area contributed by atoms with Crippen molar-refractivity contribution in [2.45, 2.75) is 46.0 Å². The third kappa shape index (κ3) is 3.33. The molecule has 0 amide bonds. The highest BCUT2D eigenvalue weighted by molar-refractivity contribution is 7.18. The Kier molecular flexibility index (Phi) is 4.34. The lowest BCUT2D eigenvalue weighted by Crippen LogP contribution is -1.97. The Balaban J connectivity index is 1.60. The largest absolute Gasteiger partial charge is 0.242 e. The number of aromatic nitrogens is 2. The molecule has 128 valence electrons. The molecule has 25 heavy (non-hydrogen) atoms. The van der Waals surface area contributed by atoms with Gasteiger partial charge >= 0.3 is 0 Å². The van der Waals surface area contributed by atoms with Gasteiger partial charge in [0.25, 0.3) is 0 Å². The molecule has 4 aromatic rings. The molecule has 2 heterocycles. The van der Waals surface area contributed by atoms with Crippen molar-refractivity contribution in [1.82, 2.24) is 9.97 Å². The average Bonchev–Trinajstić information content (AvgIpc) is 3.14. The molecule has 0 radical (unpaired) electrons. The quantitative estimate of drug-likeness (QED) is 0.402. The number of fused-ring (bicyclic) bond motifs is 2. The second-order valence-electron chi connectivity index (χ2n) is 7.05. The van der Waals surface area contributed by atoms with E-state index in [4.69, 9.17) is 4.98 Å². The van der Waals surface area contributed by atoms with E-state index in [0.717, 1.165) is 22.5 Å². The summed E-state index contributed by atoms with van der Waals surface area (Å²) >= 11 is 3.61. The maximum absolute atomic E-state index is 4.85. The van der Waals surface area contributed by atoms with Crippen molar-refractivity contribution in [3.63, 3.8) is 0 Å². The third-order valence-corrected chi connectivity index (χ3v) is 6.67. The fraction of sp³-hybridized carbons (Fsp3) is 0.333. The molecule has 0 aliphatic carbocycles. The zero-order chi connectivity index (χ0) is 17.6. The maximum Gasteiger partial charge on any atom is 0.0944 e. The lowest BCUT2D eigenvalue weighted by atomic mass is 9.98. The molecular weight excluding hydrogens is 344 g/mol. The molecule has 1 unspecified atom stereocenters. The van der Waals surface area contributed by atoms with Gasteiger partial charge in [-0.25, -0.2) is 9.97 Å². The van der Waals surface area contributed by atoms with Crippen LogP contribution in [0.5, 0.6) is 0 Å². The molecule has 0 bridgehead atoms. The Morgan fingerprint density at radius 2 is 1.48 bits per heavy atom. The van der Waals surface area contributed by atoms with Crippen LogP contribution in [0.4, 0.5) is 0 Å². The van der Waals surface area contributed by atoms with Gasteiger partial charge in [-0.15, -0.1) is 22.7 Å². The van der Waals surface area contributed by atoms with E-state index in [-0.39, 0.29) is 0 Å². The number of nitrogens with zero attached hydrogens (tertiary/aromatic N) is 2. The molecule has 0 aliphatic heterocycles. The Morgan fingerprint density at radius 3 is 2.24 bits per heavy atom. The third-order valence-electron chi connectivity index (χ3n) is 4.69. The van der Waals surface area contributed by atoms with Crippen molar-refractivity contribution >= 4 is 43.1 Å². The highest BCUT2D eigenvalue weighted by Gasteiger charge is 2.13. The number of thiazole rings is 2. The van der Waals surface area contributed by atoms with Crippen molar-refractivity contribution in [1.29, 1.82) is 0 Å². The van der Waals surface area contributed by atoms with E-state index in [1.807, 2.05) is 11.3 Å². The Bertz CT molecular complexity index is 1040. The smallest absolute Gasteiger partial charge is 0.0944 e. The summed E-state index contributed by atoms with van der Waals surface area (Å²) in [6, 6.07) is 13.3. The molecule has 0 saturated heterocycles. The SMILES string of the molecule is Cc1nc2ccc(C(C)Cc3nc4ccc(C(C)C)cc4s3)cc2s1. The standard InChI is InChI=1S/C21H22N2S2/c1-12(2)15-5-7-18-20(10-15)25-21(23-18)9-13(3)16-6-8-17-19(11-16)24-14(4)22-17/h5-8,10-13H,9H2,1-4H3. The van der Waals surface area contributed by atoms with Gasteiger partial charge in [-0.1, -0.05) is 32.9 Å². The van der Waals surface area contributed by atoms with Crippen LogP contribution in [0.15, 0.2) is 36.4 Å². The lowest BCUT2D eigenvalue weighted by Gasteiger charge is -2.09. The van der Waals surface area contributed by atoms with E-state index in [9.17, 15) is 0 Å². The molecule has 1 atom stereocenters. The van der Waals surface area contributed by atoms with Gasteiger partial charge in [-0.3, -0.25) is 0 Å². The summed E-state index contributed by atoms with van der Waals surface area (Å²) in [5.41, 5.74) is 5.00. The summed E-state index contributed by atoms with van der Waals surface area (Å²) in [6.07, 6.45) is 0.986. The van der Waals surface area contributed by atoms with Crippen molar-refractivity contribution in [3.05, 3.63) is 57.5 Å². The summed E-state index contributed by atoms with van der Waals surface area (Å²) < 4.78 is 2.59. The van der Waals surface area contributed by atoms with Crippen LogP contribution in [0.2, 0.25) is 0 Å². The molecule has 0 saturated carbocycles. The summed E-state index contributed by atoms with van der Waals surface area (Å²) in [7, 11) is 0. The van der Waals surface area contributed by atoms with Crippen LogP contribution >= 0.6 is 22.7 Å². The van der Waals surface area contributed by atoms with Gasteiger partial charge in [0.1, 0.15) is 0 Å². The van der Waals surface area contributed by atoms with Crippen molar-refractivity contribution in [3.8, 4) is 0 Å². The van der Waals surface area contributed by atoms with Gasteiger partial charge in [0.2, 0.25) is 0 Å². The normalized spacial score (nSPS) is 13.2. The Labute approximate surface area is 156 Å². The first-order chi connectivity index (χ1) is 12.0. The summed E-state index contributed by atoms with van der Waals surface area (Å²) in [4.78, 5) is 9.41. The number of aryl methyl sites for hydroxylation is 1. The molecule has 0 fully saturated rings. The van der Waals surface area contributed by atoms with Crippen LogP contribution in [0, 0.1) is 6.92 Å². The van der Waals surface area contributed by atoms with E-state index in [2.05, 4.69) is 69.1 Å². The summed E-state index contributed by atoms with van der Waals surface area (Å²) in [5, 5.41) is 2.36. The fourth-order valence-electron chi connectivity index (χ4n) is 3.18. The van der Waals surface area contributed by atoms with E-state index < -0.39 is 0 Å². The van der Waals surface area contributed by atoms with E-state index >= 15 is 0 Å². The molecule has 2 nitrogen and oxygen atoms in total. The summed E-state index contributed by atoms with van der Waals surface area (Å²) in [5.74, 6) is 1.01. The van der Waals surface area contributed by atoms with Gasteiger partial charge < -0.3 is 0 Å². The van der Waals surface area contributed by atoms with Crippen LogP contribution in [0.1, 0.15) is 53.7 Å². The Hall–Kier alpha value is -1.78. The van der Waals surface area contributed by atoms with E-state index in [1.54, 1.807) is 11.3 Å².